The number of carbonyl (C=O) groups is 2. The predicted molar refractivity (Wildman–Crippen MR) is 53.9 cm³/mol. The Labute approximate surface area is 85.1 Å². The fourth-order valence-electron chi connectivity index (χ4n) is 3.03. The van der Waals surface area contributed by atoms with Gasteiger partial charge in [0.15, 0.2) is 0 Å². The van der Waals surface area contributed by atoms with E-state index in [0.717, 1.165) is 12.8 Å². The Hall–Kier alpha value is -0.660. The van der Waals surface area contributed by atoms with Crippen LogP contribution >= 0.6 is 0 Å². The lowest BCUT2D eigenvalue weighted by molar-refractivity contribution is -0.125. The van der Waals surface area contributed by atoms with E-state index in [0.29, 0.717) is 30.8 Å². The van der Waals surface area contributed by atoms with Gasteiger partial charge in [0, 0.05) is 25.2 Å². The average molecular weight is 194 g/mol. The Morgan fingerprint density at radius 3 is 2.43 bits per heavy atom. The lowest BCUT2D eigenvalue weighted by Crippen LogP contribution is -2.21. The molecule has 0 radical (unpaired) electrons. The van der Waals surface area contributed by atoms with Gasteiger partial charge in [0.2, 0.25) is 0 Å². The highest BCUT2D eigenvalue weighted by molar-refractivity contribution is 5.91. The van der Waals surface area contributed by atoms with Gasteiger partial charge in [-0.2, -0.15) is 0 Å². The van der Waals surface area contributed by atoms with Gasteiger partial charge in [0.05, 0.1) is 0 Å². The smallest absolute Gasteiger partial charge is 0.136 e. The summed E-state index contributed by atoms with van der Waals surface area (Å²) in [4.78, 5) is 23.4. The number of hydrogen-bond acceptors (Lipinski definition) is 2. The number of rotatable bonds is 0. The van der Waals surface area contributed by atoms with Crippen molar-refractivity contribution in [3.8, 4) is 0 Å². The molecule has 0 unspecified atom stereocenters. The summed E-state index contributed by atoms with van der Waals surface area (Å²) in [6, 6.07) is 0. The van der Waals surface area contributed by atoms with Crippen LogP contribution in [0.5, 0.6) is 0 Å². The van der Waals surface area contributed by atoms with Gasteiger partial charge in [-0.3, -0.25) is 9.59 Å². The van der Waals surface area contributed by atoms with E-state index in [1.165, 1.54) is 12.8 Å². The van der Waals surface area contributed by atoms with Gasteiger partial charge < -0.3 is 0 Å². The van der Waals surface area contributed by atoms with E-state index < -0.39 is 0 Å². The lowest BCUT2D eigenvalue weighted by atomic mass is 9.78. The van der Waals surface area contributed by atoms with E-state index in [1.807, 2.05) is 6.92 Å². The van der Waals surface area contributed by atoms with Crippen molar-refractivity contribution in [2.75, 3.05) is 0 Å². The van der Waals surface area contributed by atoms with Crippen LogP contribution in [0.1, 0.15) is 51.9 Å². The van der Waals surface area contributed by atoms with Crippen molar-refractivity contribution in [3.05, 3.63) is 0 Å². The summed E-state index contributed by atoms with van der Waals surface area (Å²) in [5, 5.41) is 0. The predicted octanol–water partition coefficient (Wildman–Crippen LogP) is 2.51. The molecule has 2 heteroatoms. The standard InChI is InChI=1S/C12H18O2/c1-9-6-10(13)7-12(8-11(9)14)4-2-3-5-12/h9H,2-8H2,1H3/t9-/m0/s1. The molecule has 2 fully saturated rings. The Morgan fingerprint density at radius 2 is 1.79 bits per heavy atom. The molecule has 0 aliphatic heterocycles. The zero-order chi connectivity index (χ0) is 10.2. The fourth-order valence-corrected chi connectivity index (χ4v) is 3.03. The van der Waals surface area contributed by atoms with E-state index in [2.05, 4.69) is 0 Å². The molecule has 0 bridgehead atoms. The van der Waals surface area contributed by atoms with Crippen LogP contribution in [-0.2, 0) is 9.59 Å². The van der Waals surface area contributed by atoms with Gasteiger partial charge >= 0.3 is 0 Å². The van der Waals surface area contributed by atoms with E-state index in [9.17, 15) is 9.59 Å². The lowest BCUT2D eigenvalue weighted by Gasteiger charge is -2.25. The Kier molecular flexibility index (Phi) is 2.46. The monoisotopic (exact) mass is 194 g/mol. The Morgan fingerprint density at radius 1 is 1.14 bits per heavy atom. The maximum absolute atomic E-state index is 11.8. The molecule has 14 heavy (non-hydrogen) atoms. The summed E-state index contributed by atoms with van der Waals surface area (Å²) < 4.78 is 0. The van der Waals surface area contributed by atoms with Gasteiger partial charge in [0.1, 0.15) is 11.6 Å². The third kappa shape index (κ3) is 1.75. The third-order valence-electron chi connectivity index (χ3n) is 3.87. The van der Waals surface area contributed by atoms with Crippen molar-refractivity contribution in [2.45, 2.75) is 51.9 Å². The highest BCUT2D eigenvalue weighted by atomic mass is 16.1. The molecule has 2 nitrogen and oxygen atoms in total. The zero-order valence-electron chi connectivity index (χ0n) is 8.84. The highest BCUT2D eigenvalue weighted by Crippen LogP contribution is 2.46. The second kappa shape index (κ2) is 3.48. The van der Waals surface area contributed by atoms with Gasteiger partial charge in [-0.05, 0) is 18.3 Å². The Balaban J connectivity index is 2.19. The van der Waals surface area contributed by atoms with Crippen LogP contribution in [0.15, 0.2) is 0 Å². The molecular weight excluding hydrogens is 176 g/mol. The first-order valence-electron chi connectivity index (χ1n) is 5.66. The molecule has 0 saturated heterocycles. The van der Waals surface area contributed by atoms with Crippen molar-refractivity contribution in [1.29, 1.82) is 0 Å². The Bertz CT molecular complexity index is 261. The third-order valence-corrected chi connectivity index (χ3v) is 3.87. The molecule has 0 heterocycles. The van der Waals surface area contributed by atoms with Crippen LogP contribution in [0.4, 0.5) is 0 Å². The summed E-state index contributed by atoms with van der Waals surface area (Å²) in [6.07, 6.45) is 6.42. The molecule has 0 aromatic carbocycles. The molecular formula is C12H18O2. The molecule has 0 aromatic rings. The van der Waals surface area contributed by atoms with Crippen LogP contribution in [0.3, 0.4) is 0 Å². The summed E-state index contributed by atoms with van der Waals surface area (Å²) in [5.74, 6) is 0.602. The molecule has 78 valence electrons. The molecule has 0 aromatic heterocycles. The van der Waals surface area contributed by atoms with Crippen molar-refractivity contribution < 1.29 is 9.59 Å². The van der Waals surface area contributed by atoms with Crippen LogP contribution < -0.4 is 0 Å². The average Bonchev–Trinajstić information content (AvgIpc) is 2.48. The van der Waals surface area contributed by atoms with Crippen LogP contribution in [0.25, 0.3) is 0 Å². The van der Waals surface area contributed by atoms with E-state index in [-0.39, 0.29) is 11.3 Å². The molecule has 2 rings (SSSR count). The van der Waals surface area contributed by atoms with E-state index in [1.54, 1.807) is 0 Å². The first-order valence-corrected chi connectivity index (χ1v) is 5.66. The molecule has 1 spiro atoms. The van der Waals surface area contributed by atoms with Crippen LogP contribution in [0, 0.1) is 11.3 Å². The van der Waals surface area contributed by atoms with Crippen LogP contribution in [-0.4, -0.2) is 11.6 Å². The fraction of sp³-hybridized carbons (Fsp3) is 0.833. The molecule has 0 amide bonds. The maximum atomic E-state index is 11.8. The largest absolute Gasteiger partial charge is 0.300 e. The minimum atomic E-state index is -0.0255. The van der Waals surface area contributed by atoms with E-state index in [4.69, 9.17) is 0 Å². The normalized spacial score (nSPS) is 32.2. The molecule has 2 aliphatic rings. The van der Waals surface area contributed by atoms with E-state index >= 15 is 0 Å². The number of carbonyl (C=O) groups excluding carboxylic acids is 2. The molecule has 0 N–H and O–H groups in total. The second-order valence-electron chi connectivity index (χ2n) is 5.17. The van der Waals surface area contributed by atoms with Gasteiger partial charge in [0.25, 0.3) is 0 Å². The van der Waals surface area contributed by atoms with Gasteiger partial charge in [-0.25, -0.2) is 0 Å². The summed E-state index contributed by atoms with van der Waals surface area (Å²) in [6.45, 7) is 1.90. The van der Waals surface area contributed by atoms with Crippen molar-refractivity contribution in [3.63, 3.8) is 0 Å². The van der Waals surface area contributed by atoms with Crippen LogP contribution in [0.2, 0.25) is 0 Å². The summed E-state index contributed by atoms with van der Waals surface area (Å²) in [7, 11) is 0. The number of ketones is 2. The SMILES string of the molecule is C[C@H]1CC(=O)CC2(CCCC2)CC1=O. The zero-order valence-corrected chi connectivity index (χ0v) is 8.84. The second-order valence-corrected chi connectivity index (χ2v) is 5.17. The topological polar surface area (TPSA) is 34.1 Å². The minimum absolute atomic E-state index is 0.0255. The van der Waals surface area contributed by atoms with Gasteiger partial charge in [-0.1, -0.05) is 19.8 Å². The summed E-state index contributed by atoms with van der Waals surface area (Å²) in [5.41, 5.74) is 0.0823. The molecule has 2 aliphatic carbocycles. The number of hydrogen-bond donors (Lipinski definition) is 0. The molecule has 2 saturated carbocycles. The first-order chi connectivity index (χ1) is 6.61. The van der Waals surface area contributed by atoms with Crippen molar-refractivity contribution >= 4 is 11.6 Å². The maximum Gasteiger partial charge on any atom is 0.136 e. The van der Waals surface area contributed by atoms with Crippen molar-refractivity contribution in [1.82, 2.24) is 0 Å². The van der Waals surface area contributed by atoms with Gasteiger partial charge in [-0.15, -0.1) is 0 Å². The first kappa shape index (κ1) is 9.88. The summed E-state index contributed by atoms with van der Waals surface area (Å²) >= 11 is 0. The number of Topliss-reactive ketones (excluding diaryl/α,β-unsaturated/α-hetero) is 2. The highest BCUT2D eigenvalue weighted by Gasteiger charge is 2.41. The molecule has 1 atom stereocenters. The minimum Gasteiger partial charge on any atom is -0.300 e. The quantitative estimate of drug-likeness (QED) is 0.593. The van der Waals surface area contributed by atoms with Crippen molar-refractivity contribution in [2.24, 2.45) is 11.3 Å².